The fourth-order valence-corrected chi connectivity index (χ4v) is 1.65. The highest BCUT2D eigenvalue weighted by Gasteiger charge is 2.26. The zero-order valence-electron chi connectivity index (χ0n) is 9.18. The zero-order valence-corrected chi connectivity index (χ0v) is 9.18. The smallest absolute Gasteiger partial charge is 0.242 e. The van der Waals surface area contributed by atoms with Gasteiger partial charge in [-0.1, -0.05) is 0 Å². The molecular weight excluding hydrogens is 210 g/mol. The molecule has 1 atom stereocenters. The maximum Gasteiger partial charge on any atom is 0.242 e. The van der Waals surface area contributed by atoms with Gasteiger partial charge >= 0.3 is 0 Å². The second kappa shape index (κ2) is 5.09. The minimum atomic E-state index is -0.273. The van der Waals surface area contributed by atoms with Crippen molar-refractivity contribution < 1.29 is 13.9 Å². The van der Waals surface area contributed by atoms with Crippen molar-refractivity contribution in [1.82, 2.24) is 15.2 Å². The van der Waals surface area contributed by atoms with Gasteiger partial charge in [0.15, 0.2) is 6.39 Å². The molecule has 1 aliphatic heterocycles. The summed E-state index contributed by atoms with van der Waals surface area (Å²) in [7, 11) is 1.75. The summed E-state index contributed by atoms with van der Waals surface area (Å²) in [6.45, 7) is 2.00. The quantitative estimate of drug-likeness (QED) is 0.759. The Labute approximate surface area is 93.6 Å². The number of likely N-dealkylation sites (N-methyl/N-ethyl adjacent to an activating group) is 1. The Kier molecular flexibility index (Phi) is 3.53. The van der Waals surface area contributed by atoms with E-state index in [4.69, 9.17) is 9.15 Å². The number of ether oxygens (including phenoxy) is 1. The van der Waals surface area contributed by atoms with Crippen LogP contribution in [0.4, 0.5) is 0 Å². The van der Waals surface area contributed by atoms with Gasteiger partial charge in [0.05, 0.1) is 26.0 Å². The van der Waals surface area contributed by atoms with E-state index in [0.717, 1.165) is 0 Å². The molecule has 0 aromatic carbocycles. The van der Waals surface area contributed by atoms with Crippen molar-refractivity contribution in [3.8, 4) is 0 Å². The Balaban J connectivity index is 2.04. The monoisotopic (exact) mass is 225 g/mol. The van der Waals surface area contributed by atoms with Gasteiger partial charge in [-0.3, -0.25) is 4.79 Å². The largest absolute Gasteiger partial charge is 0.447 e. The highest BCUT2D eigenvalue weighted by Crippen LogP contribution is 2.08. The summed E-state index contributed by atoms with van der Waals surface area (Å²) in [5, 5.41) is 2.94. The van der Waals surface area contributed by atoms with E-state index >= 15 is 0 Å². The van der Waals surface area contributed by atoms with Gasteiger partial charge in [-0.15, -0.1) is 0 Å². The van der Waals surface area contributed by atoms with Gasteiger partial charge in [0.25, 0.3) is 0 Å². The van der Waals surface area contributed by atoms with Gasteiger partial charge < -0.3 is 19.4 Å². The van der Waals surface area contributed by atoms with Crippen LogP contribution in [-0.2, 0) is 16.1 Å². The van der Waals surface area contributed by atoms with Gasteiger partial charge in [-0.25, -0.2) is 4.98 Å². The summed E-state index contributed by atoms with van der Waals surface area (Å²) in [4.78, 5) is 17.6. The molecule has 0 aliphatic carbocycles. The molecule has 6 nitrogen and oxygen atoms in total. The molecular formula is C10H15N3O3. The average molecular weight is 225 g/mol. The van der Waals surface area contributed by atoms with Crippen LogP contribution in [0.2, 0.25) is 0 Å². The maximum atomic E-state index is 12.0. The molecule has 16 heavy (non-hydrogen) atoms. The van der Waals surface area contributed by atoms with Crippen LogP contribution in [0.25, 0.3) is 0 Å². The van der Waals surface area contributed by atoms with Gasteiger partial charge in [0.2, 0.25) is 5.91 Å². The van der Waals surface area contributed by atoms with E-state index in [2.05, 4.69) is 10.3 Å². The van der Waals surface area contributed by atoms with Crippen LogP contribution in [0, 0.1) is 0 Å². The molecule has 1 aromatic heterocycles. The number of hydrogen-bond acceptors (Lipinski definition) is 5. The Hall–Kier alpha value is -1.40. The number of nitrogens with zero attached hydrogens (tertiary/aromatic N) is 2. The number of aromatic nitrogens is 1. The number of carbonyl (C=O) groups excluding carboxylic acids is 1. The molecule has 1 saturated heterocycles. The second-order valence-electron chi connectivity index (χ2n) is 3.64. The van der Waals surface area contributed by atoms with E-state index in [-0.39, 0.29) is 11.9 Å². The molecule has 1 fully saturated rings. The molecule has 2 rings (SSSR count). The first kappa shape index (κ1) is 11.1. The van der Waals surface area contributed by atoms with Gasteiger partial charge in [-0.2, -0.15) is 0 Å². The lowest BCUT2D eigenvalue weighted by atomic mass is 10.2. The summed E-state index contributed by atoms with van der Waals surface area (Å²) in [6.07, 6.45) is 2.98. The molecule has 0 bridgehead atoms. The first-order chi connectivity index (χ1) is 7.81. The minimum Gasteiger partial charge on any atom is -0.447 e. The molecule has 88 valence electrons. The summed E-state index contributed by atoms with van der Waals surface area (Å²) in [6, 6.07) is -0.273. The molecule has 6 heteroatoms. The highest BCUT2D eigenvalue weighted by molar-refractivity contribution is 5.82. The van der Waals surface area contributed by atoms with Crippen molar-refractivity contribution in [2.45, 2.75) is 12.6 Å². The summed E-state index contributed by atoms with van der Waals surface area (Å²) < 4.78 is 10.5. The van der Waals surface area contributed by atoms with Crippen molar-refractivity contribution in [2.24, 2.45) is 0 Å². The molecule has 1 aliphatic rings. The third kappa shape index (κ3) is 2.40. The summed E-state index contributed by atoms with van der Waals surface area (Å²) >= 11 is 0. The lowest BCUT2D eigenvalue weighted by Gasteiger charge is -2.21. The van der Waals surface area contributed by atoms with Crippen LogP contribution in [0.15, 0.2) is 17.0 Å². The first-order valence-electron chi connectivity index (χ1n) is 5.22. The predicted molar refractivity (Wildman–Crippen MR) is 55.6 cm³/mol. The topological polar surface area (TPSA) is 67.6 Å². The van der Waals surface area contributed by atoms with Gasteiger partial charge in [0.1, 0.15) is 11.8 Å². The Morgan fingerprint density at radius 2 is 2.56 bits per heavy atom. The molecule has 0 spiro atoms. The zero-order chi connectivity index (χ0) is 11.4. The summed E-state index contributed by atoms with van der Waals surface area (Å²) in [5.41, 5.74) is 0. The van der Waals surface area contributed by atoms with Crippen molar-refractivity contribution in [1.29, 1.82) is 0 Å². The van der Waals surface area contributed by atoms with E-state index in [9.17, 15) is 4.79 Å². The van der Waals surface area contributed by atoms with Crippen LogP contribution >= 0.6 is 0 Å². The highest BCUT2D eigenvalue weighted by atomic mass is 16.5. The molecule has 0 radical (unpaired) electrons. The number of carbonyl (C=O) groups is 1. The van der Waals surface area contributed by atoms with Crippen LogP contribution in [0.5, 0.6) is 0 Å². The van der Waals surface area contributed by atoms with Crippen LogP contribution in [-0.4, -0.2) is 48.6 Å². The van der Waals surface area contributed by atoms with Crippen molar-refractivity contribution in [3.05, 3.63) is 18.4 Å². The van der Waals surface area contributed by atoms with Crippen LogP contribution in [0.1, 0.15) is 5.76 Å². The number of nitrogens with one attached hydrogen (secondary N) is 1. The lowest BCUT2D eigenvalue weighted by molar-refractivity contribution is -0.133. The van der Waals surface area contributed by atoms with E-state index in [1.165, 1.54) is 6.39 Å². The van der Waals surface area contributed by atoms with Gasteiger partial charge in [0, 0.05) is 6.54 Å². The minimum absolute atomic E-state index is 0.0383. The van der Waals surface area contributed by atoms with Crippen LogP contribution < -0.4 is 5.32 Å². The van der Waals surface area contributed by atoms with E-state index in [1.807, 2.05) is 0 Å². The van der Waals surface area contributed by atoms with E-state index < -0.39 is 0 Å². The lowest BCUT2D eigenvalue weighted by Crippen LogP contribution is -2.45. The molecule has 0 saturated carbocycles. The van der Waals surface area contributed by atoms with Crippen molar-refractivity contribution in [2.75, 3.05) is 26.8 Å². The Morgan fingerprint density at radius 3 is 3.25 bits per heavy atom. The molecule has 1 unspecified atom stereocenters. The Morgan fingerprint density at radius 1 is 1.69 bits per heavy atom. The fraction of sp³-hybridized carbons (Fsp3) is 0.600. The SMILES string of the molecule is CNC1COCCN(Cc2cnco2)C1=O. The number of rotatable bonds is 3. The molecule has 1 N–H and O–H groups in total. The van der Waals surface area contributed by atoms with E-state index in [1.54, 1.807) is 18.1 Å². The van der Waals surface area contributed by atoms with Crippen molar-refractivity contribution >= 4 is 5.91 Å². The average Bonchev–Trinajstić information content (AvgIpc) is 2.73. The molecule has 1 amide bonds. The fourth-order valence-electron chi connectivity index (χ4n) is 1.65. The molecule has 1 aromatic rings. The summed E-state index contributed by atoms with van der Waals surface area (Å²) in [5.74, 6) is 0.724. The maximum absolute atomic E-state index is 12.0. The first-order valence-corrected chi connectivity index (χ1v) is 5.22. The number of oxazole rings is 1. The normalized spacial score (nSPS) is 22.2. The third-order valence-corrected chi connectivity index (χ3v) is 2.58. The van der Waals surface area contributed by atoms with Crippen molar-refractivity contribution in [3.63, 3.8) is 0 Å². The molecule has 2 heterocycles. The Bertz CT molecular complexity index is 339. The number of hydrogen-bond donors (Lipinski definition) is 1. The van der Waals surface area contributed by atoms with Gasteiger partial charge in [-0.05, 0) is 7.05 Å². The standard InChI is InChI=1S/C10H15N3O3/c1-11-9-6-15-3-2-13(10(9)14)5-8-4-12-7-16-8/h4,7,9,11H,2-3,5-6H2,1H3. The number of amides is 1. The predicted octanol–water partition coefficient (Wildman–Crippen LogP) is -0.379. The second-order valence-corrected chi connectivity index (χ2v) is 3.64. The van der Waals surface area contributed by atoms with E-state index in [0.29, 0.717) is 32.1 Å². The third-order valence-electron chi connectivity index (χ3n) is 2.58. The van der Waals surface area contributed by atoms with Crippen LogP contribution in [0.3, 0.4) is 0 Å².